The van der Waals surface area contributed by atoms with Gasteiger partial charge in [0.25, 0.3) is 0 Å². The Morgan fingerprint density at radius 2 is 1.56 bits per heavy atom. The van der Waals surface area contributed by atoms with E-state index in [0.717, 1.165) is 0 Å². The molecule has 0 saturated heterocycles. The number of rotatable bonds is 3. The molecule has 1 aliphatic rings. The molecule has 0 saturated carbocycles. The number of fused-ring (bicyclic) bond motifs is 2. The van der Waals surface area contributed by atoms with Crippen molar-refractivity contribution < 1.29 is 33.7 Å². The number of aldehydes is 2. The average Bonchev–Trinajstić information content (AvgIpc) is 2.78. The maximum atomic E-state index is 12.7. The van der Waals surface area contributed by atoms with Crippen molar-refractivity contribution in [3.8, 4) is 28.7 Å². The monoisotopic (exact) mass is 410 g/mol. The summed E-state index contributed by atoms with van der Waals surface area (Å²) in [6.07, 6.45) is 0.696. The Morgan fingerprint density at radius 3 is 2.11 bits per heavy atom. The second kappa shape index (κ2) is 6.75. The zero-order chi connectivity index (χ0) is 20.0. The number of carbonyl (C=O) groups is 3. The molecule has 7 nitrogen and oxygen atoms in total. The van der Waals surface area contributed by atoms with Crippen molar-refractivity contribution in [1.82, 2.24) is 0 Å². The van der Waals surface area contributed by atoms with E-state index in [1.165, 1.54) is 14.0 Å². The molecule has 0 spiro atoms. The predicted molar refractivity (Wildman–Crippen MR) is 96.4 cm³/mol. The Kier molecular flexibility index (Phi) is 4.75. The van der Waals surface area contributed by atoms with Crippen molar-refractivity contribution in [2.24, 2.45) is 0 Å². The Bertz CT molecular complexity index is 1030. The Morgan fingerprint density at radius 1 is 0.926 bits per heavy atom. The molecule has 0 bridgehead atoms. The number of hydrogen-bond donors (Lipinski definition) is 1. The standard InChI is InChI=1S/C18H12Cl2O7/c1-6-10-16(9(5-22)13(23)11(6)19)26-17-8(4-21)12(20)14(25-3)7(2)15(17)27-18(10)24/h4-5,23H,1-3H3. The van der Waals surface area contributed by atoms with E-state index in [2.05, 4.69) is 0 Å². The lowest BCUT2D eigenvalue weighted by Gasteiger charge is -2.17. The Balaban J connectivity index is 2.45. The van der Waals surface area contributed by atoms with Gasteiger partial charge in [0.05, 0.1) is 22.7 Å². The van der Waals surface area contributed by atoms with Crippen LogP contribution < -0.4 is 14.2 Å². The van der Waals surface area contributed by atoms with Gasteiger partial charge in [-0.25, -0.2) is 4.79 Å². The number of phenols is 1. The molecular formula is C18H12Cl2O7. The van der Waals surface area contributed by atoms with Crippen molar-refractivity contribution in [3.05, 3.63) is 37.9 Å². The number of ether oxygens (including phenoxy) is 3. The van der Waals surface area contributed by atoms with Crippen molar-refractivity contribution in [2.45, 2.75) is 13.8 Å². The molecule has 3 rings (SSSR count). The molecule has 0 aromatic heterocycles. The molecule has 140 valence electrons. The first-order valence-corrected chi connectivity index (χ1v) is 8.29. The van der Waals surface area contributed by atoms with Crippen LogP contribution in [0.2, 0.25) is 10.0 Å². The van der Waals surface area contributed by atoms with Crippen LogP contribution in [0.5, 0.6) is 28.7 Å². The summed E-state index contributed by atoms with van der Waals surface area (Å²) in [4.78, 5) is 35.9. The fraction of sp³-hybridized carbons (Fsp3) is 0.167. The minimum Gasteiger partial charge on any atom is -0.505 e. The Labute approximate surface area is 163 Å². The number of hydrogen-bond acceptors (Lipinski definition) is 7. The summed E-state index contributed by atoms with van der Waals surface area (Å²) in [6, 6.07) is 0. The lowest BCUT2D eigenvalue weighted by Crippen LogP contribution is -2.11. The molecular weight excluding hydrogens is 399 g/mol. The van der Waals surface area contributed by atoms with E-state index >= 15 is 0 Å². The number of aromatic hydroxyl groups is 1. The number of carbonyl (C=O) groups excluding carboxylic acids is 3. The maximum absolute atomic E-state index is 12.7. The summed E-state index contributed by atoms with van der Waals surface area (Å²) in [6.45, 7) is 3.01. The highest BCUT2D eigenvalue weighted by atomic mass is 35.5. The van der Waals surface area contributed by atoms with Crippen molar-refractivity contribution >= 4 is 41.7 Å². The number of halogens is 2. The van der Waals surface area contributed by atoms with Gasteiger partial charge in [-0.3, -0.25) is 9.59 Å². The Hall–Kier alpha value is -2.77. The normalized spacial score (nSPS) is 12.3. The lowest BCUT2D eigenvalue weighted by atomic mass is 10.0. The van der Waals surface area contributed by atoms with Crippen LogP contribution in [-0.4, -0.2) is 30.8 Å². The molecule has 0 atom stereocenters. The van der Waals surface area contributed by atoms with E-state index < -0.39 is 11.7 Å². The number of phenolic OH excluding ortho intramolecular Hbond substituents is 1. The van der Waals surface area contributed by atoms with E-state index in [1.807, 2.05) is 0 Å². The molecule has 2 aromatic carbocycles. The number of methoxy groups -OCH3 is 1. The van der Waals surface area contributed by atoms with Crippen molar-refractivity contribution in [3.63, 3.8) is 0 Å². The van der Waals surface area contributed by atoms with Gasteiger partial charge in [0.2, 0.25) is 0 Å². The van der Waals surface area contributed by atoms with Crippen LogP contribution in [0.15, 0.2) is 0 Å². The highest BCUT2D eigenvalue weighted by Crippen LogP contribution is 2.52. The number of benzene rings is 2. The molecule has 0 unspecified atom stereocenters. The lowest BCUT2D eigenvalue weighted by molar-refractivity contribution is 0.0734. The maximum Gasteiger partial charge on any atom is 0.347 e. The van der Waals surface area contributed by atoms with Crippen LogP contribution in [0.4, 0.5) is 0 Å². The smallest absolute Gasteiger partial charge is 0.347 e. The molecule has 0 aliphatic carbocycles. The first-order valence-electron chi connectivity index (χ1n) is 7.53. The highest BCUT2D eigenvalue weighted by molar-refractivity contribution is 6.35. The summed E-state index contributed by atoms with van der Waals surface area (Å²) in [5.74, 6) is -1.85. The van der Waals surface area contributed by atoms with Gasteiger partial charge in [0, 0.05) is 5.56 Å². The summed E-state index contributed by atoms with van der Waals surface area (Å²) in [5, 5.41) is 9.93. The molecule has 27 heavy (non-hydrogen) atoms. The van der Waals surface area contributed by atoms with Crippen LogP contribution in [0.3, 0.4) is 0 Å². The van der Waals surface area contributed by atoms with Gasteiger partial charge in [0.15, 0.2) is 29.8 Å². The summed E-state index contributed by atoms with van der Waals surface area (Å²) in [7, 11) is 1.34. The molecule has 1 aliphatic heterocycles. The third-order valence-electron chi connectivity index (χ3n) is 4.25. The van der Waals surface area contributed by atoms with Gasteiger partial charge < -0.3 is 19.3 Å². The second-order valence-corrected chi connectivity index (χ2v) is 6.43. The topological polar surface area (TPSA) is 99.1 Å². The van der Waals surface area contributed by atoms with Crippen LogP contribution >= 0.6 is 23.2 Å². The van der Waals surface area contributed by atoms with Gasteiger partial charge in [0.1, 0.15) is 22.6 Å². The largest absolute Gasteiger partial charge is 0.505 e. The zero-order valence-electron chi connectivity index (χ0n) is 14.3. The van der Waals surface area contributed by atoms with Gasteiger partial charge in [-0.2, -0.15) is 0 Å². The minimum atomic E-state index is -0.879. The van der Waals surface area contributed by atoms with Crippen LogP contribution in [0, 0.1) is 13.8 Å². The van der Waals surface area contributed by atoms with Crippen LogP contribution in [0.1, 0.15) is 42.2 Å². The van der Waals surface area contributed by atoms with Crippen molar-refractivity contribution in [2.75, 3.05) is 7.11 Å². The van der Waals surface area contributed by atoms with E-state index in [0.29, 0.717) is 11.8 Å². The van der Waals surface area contributed by atoms with Gasteiger partial charge in [-0.05, 0) is 19.4 Å². The van der Waals surface area contributed by atoms with Crippen LogP contribution in [0.25, 0.3) is 0 Å². The van der Waals surface area contributed by atoms with E-state index in [1.54, 1.807) is 6.92 Å². The minimum absolute atomic E-state index is 0.0502. The molecule has 9 heteroatoms. The zero-order valence-corrected chi connectivity index (χ0v) is 15.8. The average molecular weight is 411 g/mol. The van der Waals surface area contributed by atoms with E-state index in [-0.39, 0.29) is 61.6 Å². The molecule has 1 heterocycles. The SMILES string of the molecule is COc1c(C)c2c(c(C=O)c1Cl)Oc1c(C=O)c(O)c(Cl)c(C)c1C(=O)O2. The van der Waals surface area contributed by atoms with Gasteiger partial charge in [-0.15, -0.1) is 0 Å². The predicted octanol–water partition coefficient (Wildman–Crippen LogP) is 4.27. The first kappa shape index (κ1) is 19.0. The molecule has 2 aromatic rings. The third kappa shape index (κ3) is 2.62. The van der Waals surface area contributed by atoms with Gasteiger partial charge >= 0.3 is 5.97 Å². The molecule has 1 N–H and O–H groups in total. The molecule has 0 radical (unpaired) electrons. The summed E-state index contributed by atoms with van der Waals surface area (Å²) < 4.78 is 16.3. The number of esters is 1. The third-order valence-corrected chi connectivity index (χ3v) is 5.09. The molecule has 0 amide bonds. The summed E-state index contributed by atoms with van der Waals surface area (Å²) in [5.41, 5.74) is -0.186. The first-order chi connectivity index (χ1) is 12.8. The highest BCUT2D eigenvalue weighted by Gasteiger charge is 2.35. The fourth-order valence-corrected chi connectivity index (χ4v) is 3.43. The van der Waals surface area contributed by atoms with Gasteiger partial charge in [-0.1, -0.05) is 23.2 Å². The summed E-state index contributed by atoms with van der Waals surface area (Å²) >= 11 is 12.2. The van der Waals surface area contributed by atoms with Crippen molar-refractivity contribution in [1.29, 1.82) is 0 Å². The quantitative estimate of drug-likeness (QED) is 0.457. The molecule has 0 fully saturated rings. The van der Waals surface area contributed by atoms with E-state index in [4.69, 9.17) is 37.4 Å². The fourth-order valence-electron chi connectivity index (χ4n) is 2.88. The van der Waals surface area contributed by atoms with Crippen LogP contribution in [-0.2, 0) is 0 Å². The van der Waals surface area contributed by atoms with E-state index in [9.17, 15) is 19.5 Å². The second-order valence-electron chi connectivity index (χ2n) is 5.68.